The number of carbonyl (C=O) groups is 1. The summed E-state index contributed by atoms with van der Waals surface area (Å²) in [5.74, 6) is 1.27. The largest absolute Gasteiger partial charge is 0.353 e. The summed E-state index contributed by atoms with van der Waals surface area (Å²) in [6, 6.07) is 4.42. The number of aromatic nitrogens is 3. The summed E-state index contributed by atoms with van der Waals surface area (Å²) in [5.41, 5.74) is 0. The van der Waals surface area contributed by atoms with Crippen molar-refractivity contribution in [1.29, 1.82) is 0 Å². The molecule has 1 aliphatic rings. The maximum atomic E-state index is 12.1. The molecular formula is C16H23N5OS2. The fourth-order valence-electron chi connectivity index (χ4n) is 2.79. The summed E-state index contributed by atoms with van der Waals surface area (Å²) in [6.07, 6.45) is 2.83. The molecule has 2 aromatic heterocycles. The molecule has 2 aromatic rings. The minimum absolute atomic E-state index is 0.0690. The van der Waals surface area contributed by atoms with Crippen LogP contribution in [-0.2, 0) is 11.2 Å². The number of hydrogen-bond donors (Lipinski definition) is 2. The third-order valence-corrected chi connectivity index (χ3v) is 5.89. The van der Waals surface area contributed by atoms with E-state index in [2.05, 4.69) is 43.8 Å². The molecule has 130 valence electrons. The smallest absolute Gasteiger partial charge is 0.230 e. The zero-order valence-corrected chi connectivity index (χ0v) is 15.5. The minimum Gasteiger partial charge on any atom is -0.353 e. The maximum Gasteiger partial charge on any atom is 0.230 e. The Labute approximate surface area is 150 Å². The molecule has 0 aliphatic carbocycles. The Morgan fingerprint density at radius 1 is 1.50 bits per heavy atom. The Morgan fingerprint density at radius 3 is 3.04 bits per heavy atom. The van der Waals surface area contributed by atoms with Crippen LogP contribution < -0.4 is 5.32 Å². The SMILES string of the molecule is CCN1CCC(NC(=O)CSc2n[nH]c(Cc3cccs3)n2)CC1. The fourth-order valence-corrected chi connectivity index (χ4v) is 4.13. The maximum absolute atomic E-state index is 12.1. The first-order valence-electron chi connectivity index (χ1n) is 8.31. The Morgan fingerprint density at radius 2 is 2.33 bits per heavy atom. The second-order valence-electron chi connectivity index (χ2n) is 5.89. The van der Waals surface area contributed by atoms with Crippen LogP contribution in [0.4, 0.5) is 0 Å². The second kappa shape index (κ2) is 8.64. The lowest BCUT2D eigenvalue weighted by atomic mass is 10.1. The Balaban J connectivity index is 1.39. The zero-order chi connectivity index (χ0) is 16.8. The first-order chi connectivity index (χ1) is 11.7. The van der Waals surface area contributed by atoms with Crippen molar-refractivity contribution in [3.8, 4) is 0 Å². The van der Waals surface area contributed by atoms with E-state index in [1.807, 2.05) is 6.07 Å². The van der Waals surface area contributed by atoms with Crippen molar-refractivity contribution >= 4 is 29.0 Å². The molecule has 6 nitrogen and oxygen atoms in total. The number of hydrogen-bond acceptors (Lipinski definition) is 6. The van der Waals surface area contributed by atoms with Gasteiger partial charge < -0.3 is 10.2 Å². The lowest BCUT2D eigenvalue weighted by Crippen LogP contribution is -2.45. The molecule has 0 spiro atoms. The van der Waals surface area contributed by atoms with Crippen molar-refractivity contribution in [2.24, 2.45) is 0 Å². The van der Waals surface area contributed by atoms with Crippen LogP contribution >= 0.6 is 23.1 Å². The minimum atomic E-state index is 0.0690. The first kappa shape index (κ1) is 17.4. The summed E-state index contributed by atoms with van der Waals surface area (Å²) in [7, 11) is 0. The highest BCUT2D eigenvalue weighted by Crippen LogP contribution is 2.16. The third-order valence-electron chi connectivity index (χ3n) is 4.17. The number of nitrogens with zero attached hydrogens (tertiary/aromatic N) is 3. The van der Waals surface area contributed by atoms with Gasteiger partial charge in [0.2, 0.25) is 11.1 Å². The first-order valence-corrected chi connectivity index (χ1v) is 10.2. The van der Waals surface area contributed by atoms with Crippen LogP contribution in [-0.4, -0.2) is 57.4 Å². The average Bonchev–Trinajstić information content (AvgIpc) is 3.26. The van der Waals surface area contributed by atoms with Gasteiger partial charge in [0, 0.05) is 30.4 Å². The number of thioether (sulfide) groups is 1. The van der Waals surface area contributed by atoms with E-state index in [1.165, 1.54) is 16.6 Å². The lowest BCUT2D eigenvalue weighted by molar-refractivity contribution is -0.119. The average molecular weight is 366 g/mol. The molecule has 8 heteroatoms. The van der Waals surface area contributed by atoms with Crippen molar-refractivity contribution < 1.29 is 4.79 Å². The third kappa shape index (κ3) is 5.06. The van der Waals surface area contributed by atoms with E-state index < -0.39 is 0 Å². The lowest BCUT2D eigenvalue weighted by Gasteiger charge is -2.31. The standard InChI is InChI=1S/C16H23N5OS2/c1-2-21-7-5-12(6-8-21)17-15(22)11-24-16-18-14(19-20-16)10-13-4-3-9-23-13/h3-4,9,12H,2,5-8,10-11H2,1H3,(H,17,22)(H,18,19,20). The Kier molecular flexibility index (Phi) is 6.28. The molecule has 24 heavy (non-hydrogen) atoms. The molecule has 3 rings (SSSR count). The molecule has 3 heterocycles. The van der Waals surface area contributed by atoms with E-state index in [-0.39, 0.29) is 5.91 Å². The molecule has 0 aromatic carbocycles. The molecule has 0 radical (unpaired) electrons. The summed E-state index contributed by atoms with van der Waals surface area (Å²) in [4.78, 5) is 20.2. The van der Waals surface area contributed by atoms with Gasteiger partial charge >= 0.3 is 0 Å². The van der Waals surface area contributed by atoms with Gasteiger partial charge in [0.1, 0.15) is 5.82 Å². The van der Waals surface area contributed by atoms with Crippen molar-refractivity contribution in [3.05, 3.63) is 28.2 Å². The molecule has 0 unspecified atom stereocenters. The molecule has 0 bridgehead atoms. The number of H-pyrrole nitrogens is 1. The molecule has 0 atom stereocenters. The summed E-state index contributed by atoms with van der Waals surface area (Å²) in [6.45, 7) is 5.41. The highest BCUT2D eigenvalue weighted by Gasteiger charge is 2.19. The quantitative estimate of drug-likeness (QED) is 0.736. The van der Waals surface area contributed by atoms with Crippen LogP contribution in [0.3, 0.4) is 0 Å². The van der Waals surface area contributed by atoms with Crippen LogP contribution in [0, 0.1) is 0 Å². The molecule has 1 aliphatic heterocycles. The summed E-state index contributed by atoms with van der Waals surface area (Å²) < 4.78 is 0. The van der Waals surface area contributed by atoms with Gasteiger partial charge in [-0.2, -0.15) is 0 Å². The number of likely N-dealkylation sites (tertiary alicyclic amines) is 1. The Bertz CT molecular complexity index is 635. The van der Waals surface area contributed by atoms with Gasteiger partial charge in [0.25, 0.3) is 0 Å². The Hall–Kier alpha value is -1.38. The molecule has 1 saturated heterocycles. The van der Waals surface area contributed by atoms with Crippen molar-refractivity contribution in [1.82, 2.24) is 25.4 Å². The van der Waals surface area contributed by atoms with E-state index in [1.54, 1.807) is 11.3 Å². The molecule has 2 N–H and O–H groups in total. The van der Waals surface area contributed by atoms with E-state index >= 15 is 0 Å². The number of nitrogens with one attached hydrogen (secondary N) is 2. The number of thiophene rings is 1. The summed E-state index contributed by atoms with van der Waals surface area (Å²) >= 11 is 3.09. The normalized spacial score (nSPS) is 16.4. The molecule has 0 saturated carbocycles. The summed E-state index contributed by atoms with van der Waals surface area (Å²) in [5, 5.41) is 12.9. The van der Waals surface area contributed by atoms with Crippen molar-refractivity contribution in [2.45, 2.75) is 37.4 Å². The van der Waals surface area contributed by atoms with Crippen LogP contribution in [0.5, 0.6) is 0 Å². The van der Waals surface area contributed by atoms with Crippen LogP contribution in [0.15, 0.2) is 22.7 Å². The van der Waals surface area contributed by atoms with E-state index in [0.717, 1.165) is 44.7 Å². The number of carbonyl (C=O) groups excluding carboxylic acids is 1. The number of amides is 1. The highest BCUT2D eigenvalue weighted by molar-refractivity contribution is 7.99. The topological polar surface area (TPSA) is 73.9 Å². The van der Waals surface area contributed by atoms with Crippen molar-refractivity contribution in [2.75, 3.05) is 25.4 Å². The van der Waals surface area contributed by atoms with Gasteiger partial charge in [-0.05, 0) is 30.8 Å². The predicted molar refractivity (Wildman–Crippen MR) is 97.5 cm³/mol. The number of piperidine rings is 1. The van der Waals surface area contributed by atoms with Gasteiger partial charge in [0.05, 0.1) is 5.75 Å². The highest BCUT2D eigenvalue weighted by atomic mass is 32.2. The van der Waals surface area contributed by atoms with E-state index in [0.29, 0.717) is 17.0 Å². The zero-order valence-electron chi connectivity index (χ0n) is 13.8. The molecular weight excluding hydrogens is 342 g/mol. The van der Waals surface area contributed by atoms with Gasteiger partial charge in [-0.15, -0.1) is 16.4 Å². The number of rotatable bonds is 7. The van der Waals surface area contributed by atoms with Crippen LogP contribution in [0.2, 0.25) is 0 Å². The monoisotopic (exact) mass is 365 g/mol. The van der Waals surface area contributed by atoms with E-state index in [9.17, 15) is 4.79 Å². The number of aromatic amines is 1. The van der Waals surface area contributed by atoms with Gasteiger partial charge in [-0.25, -0.2) is 4.98 Å². The van der Waals surface area contributed by atoms with Gasteiger partial charge in [-0.1, -0.05) is 24.8 Å². The van der Waals surface area contributed by atoms with Gasteiger partial charge in [-0.3, -0.25) is 9.89 Å². The van der Waals surface area contributed by atoms with Crippen LogP contribution in [0.1, 0.15) is 30.5 Å². The molecule has 1 amide bonds. The molecule has 1 fully saturated rings. The second-order valence-corrected chi connectivity index (χ2v) is 7.86. The van der Waals surface area contributed by atoms with Crippen molar-refractivity contribution in [3.63, 3.8) is 0 Å². The van der Waals surface area contributed by atoms with Gasteiger partial charge in [0.15, 0.2) is 0 Å². The van der Waals surface area contributed by atoms with E-state index in [4.69, 9.17) is 0 Å². The fraction of sp³-hybridized carbons (Fsp3) is 0.562. The van der Waals surface area contributed by atoms with Crippen LogP contribution in [0.25, 0.3) is 0 Å². The predicted octanol–water partition coefficient (Wildman–Crippen LogP) is 2.15.